The van der Waals surface area contributed by atoms with E-state index in [1.165, 1.54) is 0 Å². The van der Waals surface area contributed by atoms with Crippen LogP contribution in [-0.4, -0.2) is 74.2 Å². The third kappa shape index (κ3) is 5.07. The van der Waals surface area contributed by atoms with E-state index < -0.39 is 5.41 Å². The Morgan fingerprint density at radius 1 is 1.20 bits per heavy atom. The molecule has 0 unspecified atom stereocenters. The third-order valence-corrected chi connectivity index (χ3v) is 5.86. The number of rotatable bonds is 7. The molecule has 0 aromatic carbocycles. The maximum absolute atomic E-state index is 12.0. The van der Waals surface area contributed by atoms with Crippen LogP contribution < -0.4 is 11.1 Å². The Bertz CT molecular complexity index is 442. The number of amides is 3. The summed E-state index contributed by atoms with van der Waals surface area (Å²) < 4.78 is 5.16. The minimum atomic E-state index is -0.409. The maximum Gasteiger partial charge on any atom is 0.317 e. The zero-order valence-electron chi connectivity index (χ0n) is 15.8. The molecule has 0 spiro atoms. The lowest BCUT2D eigenvalue weighted by molar-refractivity contribution is -0.132. The van der Waals surface area contributed by atoms with E-state index in [1.807, 2.05) is 4.90 Å². The molecule has 2 aliphatic rings. The van der Waals surface area contributed by atoms with Gasteiger partial charge < -0.3 is 25.6 Å². The van der Waals surface area contributed by atoms with E-state index in [2.05, 4.69) is 17.1 Å². The fraction of sp³-hybridized carbons (Fsp3) is 0.889. The van der Waals surface area contributed by atoms with E-state index in [1.54, 1.807) is 7.11 Å². The highest BCUT2D eigenvalue weighted by molar-refractivity contribution is 5.81. The smallest absolute Gasteiger partial charge is 0.317 e. The van der Waals surface area contributed by atoms with Gasteiger partial charge in [0.25, 0.3) is 0 Å². The number of nitrogens with one attached hydrogen (secondary N) is 1. The molecule has 0 atom stereocenters. The molecule has 0 aromatic heterocycles. The molecule has 7 nitrogen and oxygen atoms in total. The molecular weight excluding hydrogens is 320 g/mol. The second-order valence-electron chi connectivity index (χ2n) is 7.37. The van der Waals surface area contributed by atoms with Gasteiger partial charge in [-0.25, -0.2) is 4.79 Å². The number of hydrogen-bond donors (Lipinski definition) is 2. The number of piperidine rings is 2. The number of likely N-dealkylation sites (tertiary alicyclic amines) is 2. The van der Waals surface area contributed by atoms with E-state index in [-0.39, 0.29) is 11.9 Å². The normalized spacial score (nSPS) is 21.9. The van der Waals surface area contributed by atoms with Gasteiger partial charge in [0.2, 0.25) is 5.91 Å². The summed E-state index contributed by atoms with van der Waals surface area (Å²) in [4.78, 5) is 28.4. The van der Waals surface area contributed by atoms with Crippen LogP contribution in [-0.2, 0) is 9.53 Å². The van der Waals surface area contributed by atoms with Crippen LogP contribution >= 0.6 is 0 Å². The van der Waals surface area contributed by atoms with Crippen molar-refractivity contribution in [3.63, 3.8) is 0 Å². The summed E-state index contributed by atoms with van der Waals surface area (Å²) in [5.74, 6) is -0.188. The Morgan fingerprint density at radius 2 is 1.84 bits per heavy atom. The van der Waals surface area contributed by atoms with Gasteiger partial charge in [0.05, 0.1) is 5.41 Å². The highest BCUT2D eigenvalue weighted by Gasteiger charge is 2.41. The summed E-state index contributed by atoms with van der Waals surface area (Å²) in [5.41, 5.74) is 5.28. The first-order valence-electron chi connectivity index (χ1n) is 9.58. The minimum Gasteiger partial charge on any atom is -0.385 e. The zero-order chi connectivity index (χ0) is 18.3. The van der Waals surface area contributed by atoms with Crippen LogP contribution in [0.25, 0.3) is 0 Å². The number of urea groups is 1. The summed E-state index contributed by atoms with van der Waals surface area (Å²) in [6, 6.07) is 0.565. The van der Waals surface area contributed by atoms with E-state index >= 15 is 0 Å². The summed E-state index contributed by atoms with van der Waals surface area (Å²) in [7, 11) is 1.66. The number of ether oxygens (including phenoxy) is 1. The Morgan fingerprint density at radius 3 is 2.36 bits per heavy atom. The average Bonchev–Trinajstić information content (AvgIpc) is 2.65. The van der Waals surface area contributed by atoms with E-state index in [4.69, 9.17) is 10.5 Å². The standard InChI is InChI=1S/C18H34N4O3/c1-3-9-20-17(24)22-10-4-15(5-11-22)21-12-6-18(7-13-21,16(19)23)8-14-25-2/h15H,3-14H2,1-2H3,(H2,19,23)(H,20,24). The van der Waals surface area contributed by atoms with Crippen molar-refractivity contribution in [2.24, 2.45) is 11.1 Å². The Hall–Kier alpha value is -1.34. The molecule has 144 valence electrons. The number of methoxy groups -OCH3 is 1. The number of nitrogens with two attached hydrogens (primary N) is 1. The fourth-order valence-corrected chi connectivity index (χ4v) is 4.01. The van der Waals surface area contributed by atoms with Crippen molar-refractivity contribution in [2.45, 2.75) is 51.5 Å². The number of nitrogens with zero attached hydrogens (tertiary/aromatic N) is 2. The molecule has 0 aliphatic carbocycles. The minimum absolute atomic E-state index is 0.0613. The number of carbonyl (C=O) groups excluding carboxylic acids is 2. The largest absolute Gasteiger partial charge is 0.385 e. The predicted octanol–water partition coefficient (Wildman–Crippen LogP) is 1.17. The van der Waals surface area contributed by atoms with Gasteiger partial charge in [0.1, 0.15) is 0 Å². The van der Waals surface area contributed by atoms with Crippen molar-refractivity contribution < 1.29 is 14.3 Å². The topological polar surface area (TPSA) is 87.9 Å². The molecule has 2 saturated heterocycles. The van der Waals surface area contributed by atoms with Gasteiger partial charge in [-0.05, 0) is 51.6 Å². The quantitative estimate of drug-likeness (QED) is 0.718. The maximum atomic E-state index is 12.0. The number of primary amides is 1. The van der Waals surface area contributed by atoms with E-state index in [9.17, 15) is 9.59 Å². The fourth-order valence-electron chi connectivity index (χ4n) is 4.01. The van der Waals surface area contributed by atoms with Crippen LogP contribution in [0.4, 0.5) is 4.79 Å². The molecule has 2 heterocycles. The highest BCUT2D eigenvalue weighted by atomic mass is 16.5. The van der Waals surface area contributed by atoms with Crippen molar-refractivity contribution in [3.8, 4) is 0 Å². The van der Waals surface area contributed by atoms with Crippen LogP contribution in [0.5, 0.6) is 0 Å². The summed E-state index contributed by atoms with van der Waals surface area (Å²) in [5, 5.41) is 2.95. The molecule has 3 N–H and O–H groups in total. The monoisotopic (exact) mass is 354 g/mol. The van der Waals surface area contributed by atoms with Gasteiger partial charge in [-0.1, -0.05) is 6.92 Å². The number of carbonyl (C=O) groups is 2. The second kappa shape index (κ2) is 9.38. The molecule has 0 aromatic rings. The Labute approximate surface area is 151 Å². The molecule has 2 rings (SSSR count). The molecule has 2 aliphatic heterocycles. The van der Waals surface area contributed by atoms with Crippen molar-refractivity contribution in [1.82, 2.24) is 15.1 Å². The first-order valence-corrected chi connectivity index (χ1v) is 9.58. The molecule has 2 fully saturated rings. The molecular formula is C18H34N4O3. The van der Waals surface area contributed by atoms with Crippen molar-refractivity contribution >= 4 is 11.9 Å². The lowest BCUT2D eigenvalue weighted by Gasteiger charge is -2.45. The van der Waals surface area contributed by atoms with Crippen molar-refractivity contribution in [2.75, 3.05) is 46.4 Å². The van der Waals surface area contributed by atoms with Crippen LogP contribution in [0.2, 0.25) is 0 Å². The lowest BCUT2D eigenvalue weighted by Crippen LogP contribution is -2.54. The van der Waals surface area contributed by atoms with Crippen LogP contribution in [0, 0.1) is 5.41 Å². The summed E-state index contributed by atoms with van der Waals surface area (Å²) >= 11 is 0. The van der Waals surface area contributed by atoms with Gasteiger partial charge in [-0.15, -0.1) is 0 Å². The van der Waals surface area contributed by atoms with E-state index in [0.717, 1.165) is 64.8 Å². The van der Waals surface area contributed by atoms with Gasteiger partial charge >= 0.3 is 6.03 Å². The Kier molecular flexibility index (Phi) is 7.50. The van der Waals surface area contributed by atoms with Crippen LogP contribution in [0.15, 0.2) is 0 Å². The average molecular weight is 354 g/mol. The van der Waals surface area contributed by atoms with Crippen molar-refractivity contribution in [3.05, 3.63) is 0 Å². The highest BCUT2D eigenvalue weighted by Crippen LogP contribution is 2.36. The summed E-state index contributed by atoms with van der Waals surface area (Å²) in [6.07, 6.45) is 5.29. The lowest BCUT2D eigenvalue weighted by atomic mass is 9.74. The first-order chi connectivity index (χ1) is 12.0. The van der Waals surface area contributed by atoms with Gasteiger partial charge in [-0.2, -0.15) is 0 Å². The van der Waals surface area contributed by atoms with Crippen molar-refractivity contribution in [1.29, 1.82) is 0 Å². The van der Waals surface area contributed by atoms with Crippen LogP contribution in [0.3, 0.4) is 0 Å². The molecule has 0 saturated carbocycles. The van der Waals surface area contributed by atoms with E-state index in [0.29, 0.717) is 19.1 Å². The molecule has 0 bridgehead atoms. The Balaban J connectivity index is 1.80. The molecule has 0 radical (unpaired) electrons. The first kappa shape index (κ1) is 20.0. The molecule has 25 heavy (non-hydrogen) atoms. The zero-order valence-corrected chi connectivity index (χ0v) is 15.8. The van der Waals surface area contributed by atoms with Gasteiger partial charge in [0, 0.05) is 39.4 Å². The predicted molar refractivity (Wildman–Crippen MR) is 97.2 cm³/mol. The molecule has 7 heteroatoms. The molecule has 3 amide bonds. The number of hydrogen-bond acceptors (Lipinski definition) is 4. The third-order valence-electron chi connectivity index (χ3n) is 5.86. The van der Waals surface area contributed by atoms with Gasteiger partial charge in [0.15, 0.2) is 0 Å². The SMILES string of the molecule is CCCNC(=O)N1CCC(N2CCC(CCOC)(C(N)=O)CC2)CC1. The van der Waals surface area contributed by atoms with Gasteiger partial charge in [-0.3, -0.25) is 4.79 Å². The van der Waals surface area contributed by atoms with Crippen LogP contribution in [0.1, 0.15) is 45.4 Å². The summed E-state index contributed by atoms with van der Waals surface area (Å²) in [6.45, 7) is 6.79. The second-order valence-corrected chi connectivity index (χ2v) is 7.37.